The van der Waals surface area contributed by atoms with Gasteiger partial charge in [-0.3, -0.25) is 9.59 Å². The SMILES string of the molecule is CC(C)(C)OC(=O)CNCC(O)c1ccc(OC(=O)Cc2ccc(Cl)c(Cl)c2)cc1. The minimum atomic E-state index is -0.826. The number of carbonyl (C=O) groups excluding carboxylic acids is 2. The van der Waals surface area contributed by atoms with Crippen molar-refractivity contribution in [3.8, 4) is 5.75 Å². The van der Waals surface area contributed by atoms with Crippen molar-refractivity contribution in [1.82, 2.24) is 5.32 Å². The fourth-order valence-corrected chi connectivity index (χ4v) is 2.87. The lowest BCUT2D eigenvalue weighted by atomic mass is 10.1. The Morgan fingerprint density at radius 1 is 1.03 bits per heavy atom. The number of aliphatic hydroxyl groups excluding tert-OH is 1. The summed E-state index contributed by atoms with van der Waals surface area (Å²) in [5.74, 6) is -0.475. The molecule has 0 aliphatic rings. The summed E-state index contributed by atoms with van der Waals surface area (Å²) in [6.07, 6.45) is -0.774. The van der Waals surface area contributed by atoms with Gasteiger partial charge < -0.3 is 19.9 Å². The van der Waals surface area contributed by atoms with Gasteiger partial charge in [0.15, 0.2) is 0 Å². The van der Waals surface area contributed by atoms with Crippen LogP contribution in [-0.2, 0) is 20.7 Å². The zero-order valence-electron chi connectivity index (χ0n) is 17.1. The van der Waals surface area contributed by atoms with E-state index in [4.69, 9.17) is 32.7 Å². The highest BCUT2D eigenvalue weighted by Gasteiger charge is 2.16. The molecule has 0 saturated heterocycles. The Labute approximate surface area is 186 Å². The summed E-state index contributed by atoms with van der Waals surface area (Å²) < 4.78 is 10.5. The Bertz CT molecular complexity index is 878. The summed E-state index contributed by atoms with van der Waals surface area (Å²) in [6.45, 7) is 5.55. The number of carbonyl (C=O) groups is 2. The highest BCUT2D eigenvalue weighted by Crippen LogP contribution is 2.23. The van der Waals surface area contributed by atoms with Crippen LogP contribution in [0, 0.1) is 0 Å². The number of nitrogens with one attached hydrogen (secondary N) is 1. The molecule has 30 heavy (non-hydrogen) atoms. The standard InChI is InChI=1S/C22H25Cl2NO5/c1-22(2,3)30-21(28)13-25-12-19(26)15-5-7-16(8-6-15)29-20(27)11-14-4-9-17(23)18(24)10-14/h4-10,19,25-26H,11-13H2,1-3H3. The van der Waals surface area contributed by atoms with Gasteiger partial charge in [-0.15, -0.1) is 0 Å². The summed E-state index contributed by atoms with van der Waals surface area (Å²) >= 11 is 11.8. The molecular weight excluding hydrogens is 429 g/mol. The number of ether oxygens (including phenoxy) is 2. The van der Waals surface area contributed by atoms with E-state index in [-0.39, 0.29) is 25.5 Å². The Morgan fingerprint density at radius 2 is 1.70 bits per heavy atom. The van der Waals surface area contributed by atoms with Crippen molar-refractivity contribution in [1.29, 1.82) is 0 Å². The fraction of sp³-hybridized carbons (Fsp3) is 0.364. The maximum absolute atomic E-state index is 12.1. The largest absolute Gasteiger partial charge is 0.459 e. The van der Waals surface area contributed by atoms with Gasteiger partial charge in [-0.25, -0.2) is 0 Å². The normalized spacial score (nSPS) is 12.3. The molecule has 162 valence electrons. The van der Waals surface area contributed by atoms with Crippen LogP contribution in [0.3, 0.4) is 0 Å². The first-order chi connectivity index (χ1) is 14.0. The molecule has 1 unspecified atom stereocenters. The molecule has 0 aliphatic heterocycles. The number of aliphatic hydroxyl groups is 1. The smallest absolute Gasteiger partial charge is 0.320 e. The van der Waals surface area contributed by atoms with Crippen LogP contribution in [0.25, 0.3) is 0 Å². The molecule has 0 aliphatic carbocycles. The topological polar surface area (TPSA) is 84.9 Å². The van der Waals surface area contributed by atoms with Crippen LogP contribution < -0.4 is 10.1 Å². The molecule has 6 nitrogen and oxygen atoms in total. The molecule has 0 amide bonds. The molecule has 0 aromatic heterocycles. The van der Waals surface area contributed by atoms with E-state index in [0.717, 1.165) is 0 Å². The van der Waals surface area contributed by atoms with E-state index in [1.807, 2.05) is 0 Å². The maximum atomic E-state index is 12.1. The van der Waals surface area contributed by atoms with E-state index < -0.39 is 17.7 Å². The van der Waals surface area contributed by atoms with Crippen molar-refractivity contribution in [2.24, 2.45) is 0 Å². The molecule has 0 bridgehead atoms. The molecule has 2 N–H and O–H groups in total. The van der Waals surface area contributed by atoms with Crippen LogP contribution in [0.4, 0.5) is 0 Å². The Balaban J connectivity index is 1.81. The van der Waals surface area contributed by atoms with E-state index >= 15 is 0 Å². The lowest BCUT2D eigenvalue weighted by Crippen LogP contribution is -2.33. The predicted octanol–water partition coefficient (Wildman–Crippen LogP) is 4.11. The number of halogens is 2. The third kappa shape index (κ3) is 8.32. The van der Waals surface area contributed by atoms with Crippen molar-refractivity contribution < 1.29 is 24.2 Å². The van der Waals surface area contributed by atoms with E-state index in [9.17, 15) is 14.7 Å². The zero-order valence-corrected chi connectivity index (χ0v) is 18.6. The second kappa shape index (κ2) is 10.8. The average molecular weight is 454 g/mol. The minimum Gasteiger partial charge on any atom is -0.459 e. The average Bonchev–Trinajstić information content (AvgIpc) is 2.63. The first kappa shape index (κ1) is 24.2. The fourth-order valence-electron chi connectivity index (χ4n) is 2.55. The van der Waals surface area contributed by atoms with Crippen molar-refractivity contribution in [3.63, 3.8) is 0 Å². The van der Waals surface area contributed by atoms with Gasteiger partial charge in [-0.1, -0.05) is 41.4 Å². The van der Waals surface area contributed by atoms with Crippen LogP contribution in [0.15, 0.2) is 42.5 Å². The maximum Gasteiger partial charge on any atom is 0.320 e. The van der Waals surface area contributed by atoms with Crippen molar-refractivity contribution >= 4 is 35.1 Å². The number of benzene rings is 2. The lowest BCUT2D eigenvalue weighted by Gasteiger charge is -2.20. The molecule has 2 aromatic carbocycles. The quantitative estimate of drug-likeness (QED) is 0.462. The summed E-state index contributed by atoms with van der Waals surface area (Å²) in [7, 11) is 0. The van der Waals surface area contributed by atoms with Gasteiger partial charge in [0, 0.05) is 6.54 Å². The number of rotatable bonds is 8. The van der Waals surface area contributed by atoms with Crippen molar-refractivity contribution in [2.75, 3.05) is 13.1 Å². The second-order valence-corrected chi connectivity index (χ2v) is 8.52. The Morgan fingerprint density at radius 3 is 2.30 bits per heavy atom. The molecule has 2 aromatic rings. The van der Waals surface area contributed by atoms with Crippen molar-refractivity contribution in [3.05, 3.63) is 63.6 Å². The van der Waals surface area contributed by atoms with Gasteiger partial charge in [0.05, 0.1) is 29.1 Å². The molecule has 0 radical (unpaired) electrons. The predicted molar refractivity (Wildman–Crippen MR) is 116 cm³/mol. The molecule has 0 fully saturated rings. The van der Waals surface area contributed by atoms with E-state index in [0.29, 0.717) is 26.9 Å². The monoisotopic (exact) mass is 453 g/mol. The number of hydrogen-bond donors (Lipinski definition) is 2. The minimum absolute atomic E-state index is 0.00125. The van der Waals surface area contributed by atoms with Gasteiger partial charge in [0.25, 0.3) is 0 Å². The Hall–Kier alpha value is -2.12. The van der Waals surface area contributed by atoms with E-state index in [2.05, 4.69) is 5.32 Å². The first-order valence-corrected chi connectivity index (χ1v) is 10.1. The van der Waals surface area contributed by atoms with Gasteiger partial charge in [0.2, 0.25) is 0 Å². The molecular formula is C22H25Cl2NO5. The van der Waals surface area contributed by atoms with Crippen LogP contribution in [-0.4, -0.2) is 35.7 Å². The second-order valence-electron chi connectivity index (χ2n) is 7.70. The van der Waals surface area contributed by atoms with Gasteiger partial charge >= 0.3 is 11.9 Å². The molecule has 2 rings (SSSR count). The van der Waals surface area contributed by atoms with Crippen molar-refractivity contribution in [2.45, 2.75) is 38.9 Å². The molecule has 0 saturated carbocycles. The number of esters is 2. The van der Waals surface area contributed by atoms with E-state index in [1.165, 1.54) is 0 Å². The van der Waals surface area contributed by atoms with Crippen LogP contribution in [0.1, 0.15) is 38.0 Å². The zero-order chi connectivity index (χ0) is 22.3. The van der Waals surface area contributed by atoms with Crippen LogP contribution in [0.5, 0.6) is 5.75 Å². The lowest BCUT2D eigenvalue weighted by molar-refractivity contribution is -0.153. The summed E-state index contributed by atoms with van der Waals surface area (Å²) in [6, 6.07) is 11.5. The third-order valence-electron chi connectivity index (χ3n) is 3.86. The van der Waals surface area contributed by atoms with Gasteiger partial charge in [-0.05, 0) is 56.2 Å². The van der Waals surface area contributed by atoms with Gasteiger partial charge in [-0.2, -0.15) is 0 Å². The van der Waals surface area contributed by atoms with Crippen LogP contribution in [0.2, 0.25) is 10.0 Å². The first-order valence-electron chi connectivity index (χ1n) is 9.38. The molecule has 1 atom stereocenters. The molecule has 8 heteroatoms. The van der Waals surface area contributed by atoms with Crippen LogP contribution >= 0.6 is 23.2 Å². The number of hydrogen-bond acceptors (Lipinski definition) is 6. The van der Waals surface area contributed by atoms with Gasteiger partial charge in [0.1, 0.15) is 11.4 Å². The molecule has 0 spiro atoms. The Kier molecular flexibility index (Phi) is 8.67. The third-order valence-corrected chi connectivity index (χ3v) is 4.60. The highest BCUT2D eigenvalue weighted by atomic mass is 35.5. The van der Waals surface area contributed by atoms with E-state index in [1.54, 1.807) is 63.2 Å². The summed E-state index contributed by atoms with van der Waals surface area (Å²) in [5.41, 5.74) is 0.762. The highest BCUT2D eigenvalue weighted by molar-refractivity contribution is 6.42. The molecule has 0 heterocycles. The summed E-state index contributed by atoms with van der Waals surface area (Å²) in [5, 5.41) is 13.9. The summed E-state index contributed by atoms with van der Waals surface area (Å²) in [4.78, 5) is 23.8.